The summed E-state index contributed by atoms with van der Waals surface area (Å²) in [6.45, 7) is 0.504. The maximum Gasteiger partial charge on any atom is 0.272 e. The SMILES string of the molecule is CN(Cc1cn[nH]c1)C(=O)c1ccc2ccccc2n1. The minimum absolute atomic E-state index is 0.100. The van der Waals surface area contributed by atoms with Crippen LogP contribution in [0.25, 0.3) is 10.9 Å². The Bertz CT molecular complexity index is 736. The van der Waals surface area contributed by atoms with Gasteiger partial charge in [0.05, 0.1) is 11.7 Å². The average molecular weight is 266 g/mol. The van der Waals surface area contributed by atoms with Gasteiger partial charge >= 0.3 is 0 Å². The van der Waals surface area contributed by atoms with Crippen molar-refractivity contribution >= 4 is 16.8 Å². The van der Waals surface area contributed by atoms with Gasteiger partial charge in [-0.05, 0) is 12.1 Å². The van der Waals surface area contributed by atoms with E-state index in [9.17, 15) is 4.79 Å². The number of aromatic nitrogens is 3. The summed E-state index contributed by atoms with van der Waals surface area (Å²) in [5.74, 6) is -0.100. The summed E-state index contributed by atoms with van der Waals surface area (Å²) < 4.78 is 0. The average Bonchev–Trinajstić information content (AvgIpc) is 2.99. The number of carbonyl (C=O) groups is 1. The normalized spacial score (nSPS) is 10.7. The summed E-state index contributed by atoms with van der Waals surface area (Å²) in [4.78, 5) is 18.4. The fourth-order valence-corrected chi connectivity index (χ4v) is 2.09. The van der Waals surface area contributed by atoms with Crippen molar-refractivity contribution in [2.75, 3.05) is 7.05 Å². The Balaban J connectivity index is 1.84. The van der Waals surface area contributed by atoms with Crippen LogP contribution in [-0.2, 0) is 6.54 Å². The second-order valence-corrected chi connectivity index (χ2v) is 4.66. The van der Waals surface area contributed by atoms with Crippen molar-refractivity contribution in [2.24, 2.45) is 0 Å². The predicted molar refractivity (Wildman–Crippen MR) is 76.1 cm³/mol. The van der Waals surface area contributed by atoms with E-state index in [0.717, 1.165) is 16.5 Å². The molecule has 0 spiro atoms. The second kappa shape index (κ2) is 5.13. The third-order valence-electron chi connectivity index (χ3n) is 3.14. The van der Waals surface area contributed by atoms with Crippen LogP contribution in [0, 0.1) is 0 Å². The van der Waals surface area contributed by atoms with Crippen LogP contribution in [0.3, 0.4) is 0 Å². The molecule has 100 valence electrons. The molecule has 0 unspecified atom stereocenters. The number of para-hydroxylation sites is 1. The van der Waals surface area contributed by atoms with Gasteiger partial charge in [-0.3, -0.25) is 9.89 Å². The van der Waals surface area contributed by atoms with Crippen molar-refractivity contribution in [2.45, 2.75) is 6.54 Å². The molecular weight excluding hydrogens is 252 g/mol. The van der Waals surface area contributed by atoms with Crippen LogP contribution < -0.4 is 0 Å². The first kappa shape index (κ1) is 12.3. The number of carbonyl (C=O) groups excluding carboxylic acids is 1. The maximum absolute atomic E-state index is 12.3. The number of amides is 1. The molecule has 5 heteroatoms. The van der Waals surface area contributed by atoms with E-state index in [0.29, 0.717) is 12.2 Å². The van der Waals surface area contributed by atoms with Crippen molar-refractivity contribution in [3.63, 3.8) is 0 Å². The zero-order valence-corrected chi connectivity index (χ0v) is 11.1. The fourth-order valence-electron chi connectivity index (χ4n) is 2.09. The molecule has 2 aromatic heterocycles. The Morgan fingerprint density at radius 2 is 2.10 bits per heavy atom. The number of pyridine rings is 1. The summed E-state index contributed by atoms with van der Waals surface area (Å²) in [7, 11) is 1.76. The smallest absolute Gasteiger partial charge is 0.272 e. The van der Waals surface area contributed by atoms with Gasteiger partial charge in [0.15, 0.2) is 0 Å². The maximum atomic E-state index is 12.3. The van der Waals surface area contributed by atoms with Crippen molar-refractivity contribution in [1.29, 1.82) is 0 Å². The van der Waals surface area contributed by atoms with E-state index in [4.69, 9.17) is 0 Å². The molecule has 1 N–H and O–H groups in total. The number of H-pyrrole nitrogens is 1. The van der Waals surface area contributed by atoms with Crippen molar-refractivity contribution in [1.82, 2.24) is 20.1 Å². The van der Waals surface area contributed by atoms with Gasteiger partial charge < -0.3 is 4.90 Å². The van der Waals surface area contributed by atoms with Crippen molar-refractivity contribution in [3.05, 3.63) is 60.0 Å². The number of rotatable bonds is 3. The molecule has 1 aromatic carbocycles. The van der Waals surface area contributed by atoms with Crippen LogP contribution in [0.4, 0.5) is 0 Å². The molecule has 3 rings (SSSR count). The number of hydrogen-bond acceptors (Lipinski definition) is 3. The van der Waals surface area contributed by atoms with Crippen LogP contribution in [0.2, 0.25) is 0 Å². The fraction of sp³-hybridized carbons (Fsp3) is 0.133. The lowest BCUT2D eigenvalue weighted by Crippen LogP contribution is -2.26. The standard InChI is InChI=1S/C15H14N4O/c1-19(10-11-8-16-17-9-11)15(20)14-7-6-12-4-2-3-5-13(12)18-14/h2-9H,10H2,1H3,(H,16,17). The minimum Gasteiger partial charge on any atom is -0.336 e. The molecule has 0 aliphatic heterocycles. The Hall–Kier alpha value is -2.69. The lowest BCUT2D eigenvalue weighted by Gasteiger charge is -2.15. The van der Waals surface area contributed by atoms with Crippen LogP contribution in [0.5, 0.6) is 0 Å². The number of nitrogens with zero attached hydrogens (tertiary/aromatic N) is 3. The van der Waals surface area contributed by atoms with Gasteiger partial charge in [0.1, 0.15) is 5.69 Å². The quantitative estimate of drug-likeness (QED) is 0.790. The van der Waals surface area contributed by atoms with Gasteiger partial charge in [-0.25, -0.2) is 4.98 Å². The summed E-state index contributed by atoms with van der Waals surface area (Å²) >= 11 is 0. The highest BCUT2D eigenvalue weighted by Crippen LogP contribution is 2.13. The molecule has 0 saturated carbocycles. The zero-order valence-electron chi connectivity index (χ0n) is 11.1. The molecule has 5 nitrogen and oxygen atoms in total. The lowest BCUT2D eigenvalue weighted by atomic mass is 10.2. The Morgan fingerprint density at radius 3 is 2.90 bits per heavy atom. The third-order valence-corrected chi connectivity index (χ3v) is 3.14. The monoisotopic (exact) mass is 266 g/mol. The van der Waals surface area contributed by atoms with E-state index in [1.165, 1.54) is 0 Å². The van der Waals surface area contributed by atoms with Crippen LogP contribution in [0.15, 0.2) is 48.8 Å². The van der Waals surface area contributed by atoms with E-state index < -0.39 is 0 Å². The van der Waals surface area contributed by atoms with E-state index in [1.807, 2.05) is 30.3 Å². The molecule has 3 aromatic rings. The number of aromatic amines is 1. The Morgan fingerprint density at radius 1 is 1.25 bits per heavy atom. The lowest BCUT2D eigenvalue weighted by molar-refractivity contribution is 0.0780. The van der Waals surface area contributed by atoms with Crippen molar-refractivity contribution in [3.8, 4) is 0 Å². The van der Waals surface area contributed by atoms with E-state index in [2.05, 4.69) is 15.2 Å². The van der Waals surface area contributed by atoms with Gasteiger partial charge in [-0.1, -0.05) is 24.3 Å². The van der Waals surface area contributed by atoms with Gasteiger partial charge in [0.2, 0.25) is 0 Å². The largest absolute Gasteiger partial charge is 0.336 e. The summed E-state index contributed by atoms with van der Waals surface area (Å²) in [5.41, 5.74) is 2.24. The highest BCUT2D eigenvalue weighted by atomic mass is 16.2. The number of fused-ring (bicyclic) bond motifs is 1. The zero-order chi connectivity index (χ0) is 13.9. The molecule has 0 aliphatic rings. The highest BCUT2D eigenvalue weighted by molar-refractivity contribution is 5.94. The Kier molecular flexibility index (Phi) is 3.16. The molecule has 0 saturated heterocycles. The van der Waals surface area contributed by atoms with Crippen LogP contribution in [-0.4, -0.2) is 33.0 Å². The van der Waals surface area contributed by atoms with Gasteiger partial charge in [0, 0.05) is 30.7 Å². The molecule has 1 amide bonds. The van der Waals surface area contributed by atoms with E-state index in [-0.39, 0.29) is 5.91 Å². The second-order valence-electron chi connectivity index (χ2n) is 4.66. The summed E-state index contributed by atoms with van der Waals surface area (Å²) in [5, 5.41) is 7.63. The van der Waals surface area contributed by atoms with Gasteiger partial charge in [-0.15, -0.1) is 0 Å². The molecule has 2 heterocycles. The first-order valence-electron chi connectivity index (χ1n) is 6.33. The van der Waals surface area contributed by atoms with E-state index in [1.54, 1.807) is 30.4 Å². The minimum atomic E-state index is -0.100. The topological polar surface area (TPSA) is 61.9 Å². The van der Waals surface area contributed by atoms with Gasteiger partial charge in [0.25, 0.3) is 5.91 Å². The molecule has 0 fully saturated rings. The predicted octanol–water partition coefficient (Wildman–Crippen LogP) is 2.23. The number of benzene rings is 1. The third kappa shape index (κ3) is 2.38. The molecule has 0 aliphatic carbocycles. The number of nitrogens with one attached hydrogen (secondary N) is 1. The molecular formula is C15H14N4O. The van der Waals surface area contributed by atoms with Gasteiger partial charge in [-0.2, -0.15) is 5.10 Å². The van der Waals surface area contributed by atoms with Crippen LogP contribution in [0.1, 0.15) is 16.1 Å². The molecule has 20 heavy (non-hydrogen) atoms. The van der Waals surface area contributed by atoms with Crippen LogP contribution >= 0.6 is 0 Å². The molecule has 0 atom stereocenters. The Labute approximate surface area is 116 Å². The number of hydrogen-bond donors (Lipinski definition) is 1. The highest BCUT2D eigenvalue weighted by Gasteiger charge is 2.14. The summed E-state index contributed by atoms with van der Waals surface area (Å²) in [6, 6.07) is 11.4. The molecule has 0 radical (unpaired) electrons. The van der Waals surface area contributed by atoms with E-state index >= 15 is 0 Å². The summed E-state index contributed by atoms with van der Waals surface area (Å²) in [6.07, 6.45) is 3.48. The molecule has 0 bridgehead atoms. The van der Waals surface area contributed by atoms with Crippen molar-refractivity contribution < 1.29 is 4.79 Å². The first-order valence-corrected chi connectivity index (χ1v) is 6.33. The first-order chi connectivity index (χ1) is 9.74.